The van der Waals surface area contributed by atoms with E-state index >= 15 is 0 Å². The van der Waals surface area contributed by atoms with Crippen molar-refractivity contribution in [1.29, 1.82) is 0 Å². The molecule has 0 aromatic heterocycles. The molecule has 2 aromatic rings. The molecule has 4 rings (SSSR count). The zero-order valence-electron chi connectivity index (χ0n) is 23.9. The lowest BCUT2D eigenvalue weighted by atomic mass is 9.68. The number of benzene rings is 2. The number of rotatable bonds is 13. The van der Waals surface area contributed by atoms with Crippen molar-refractivity contribution in [2.45, 2.75) is 122 Å². The van der Waals surface area contributed by atoms with Gasteiger partial charge in [0.15, 0.2) is 17.5 Å². The summed E-state index contributed by atoms with van der Waals surface area (Å²) in [5, 5.41) is 0. The summed E-state index contributed by atoms with van der Waals surface area (Å²) in [4.78, 5) is 0. The largest absolute Gasteiger partial charge is 0.429 e. The van der Waals surface area contributed by atoms with Crippen molar-refractivity contribution in [3.8, 4) is 5.75 Å². The highest BCUT2D eigenvalue weighted by atomic mass is 19.3. The highest BCUT2D eigenvalue weighted by Gasteiger charge is 2.37. The number of unbranched alkanes of at least 4 members (excludes halogenated alkanes) is 6. The van der Waals surface area contributed by atoms with Crippen LogP contribution in [0.4, 0.5) is 22.0 Å². The fraction of sp³-hybridized carbons (Fsp3) is 0.647. The minimum atomic E-state index is -4.00. The van der Waals surface area contributed by atoms with Crippen molar-refractivity contribution in [1.82, 2.24) is 0 Å². The van der Waals surface area contributed by atoms with Crippen LogP contribution in [0.3, 0.4) is 0 Å². The van der Waals surface area contributed by atoms with E-state index in [1.54, 1.807) is 12.1 Å². The van der Waals surface area contributed by atoms with E-state index in [9.17, 15) is 22.0 Å². The van der Waals surface area contributed by atoms with Gasteiger partial charge >= 0.3 is 6.11 Å². The SMILES string of the molecule is CCCCCCCCCC1CCC(C2CCC(c3ccc(OC(F)(F)c4cc(F)c(F)c(F)c4)cc3)CC2)CC1. The molecule has 0 saturated heterocycles. The number of halogens is 5. The maximum Gasteiger partial charge on any atom is 0.426 e. The van der Waals surface area contributed by atoms with Crippen molar-refractivity contribution < 1.29 is 26.7 Å². The second-order valence-electron chi connectivity index (χ2n) is 12.2. The van der Waals surface area contributed by atoms with Crippen molar-refractivity contribution >= 4 is 0 Å². The predicted molar refractivity (Wildman–Crippen MR) is 150 cm³/mol. The van der Waals surface area contributed by atoms with Crippen LogP contribution >= 0.6 is 0 Å². The minimum absolute atomic E-state index is 0.110. The minimum Gasteiger partial charge on any atom is -0.429 e. The average molecular weight is 565 g/mol. The van der Waals surface area contributed by atoms with Crippen LogP contribution in [0.25, 0.3) is 0 Å². The van der Waals surface area contributed by atoms with Crippen LogP contribution in [0, 0.1) is 35.2 Å². The van der Waals surface area contributed by atoms with Gasteiger partial charge in [0, 0.05) is 0 Å². The van der Waals surface area contributed by atoms with E-state index in [1.807, 2.05) is 0 Å². The third-order valence-electron chi connectivity index (χ3n) is 9.46. The maximum atomic E-state index is 14.5. The lowest BCUT2D eigenvalue weighted by Crippen LogP contribution is -2.25. The summed E-state index contributed by atoms with van der Waals surface area (Å²) in [6.45, 7) is 2.27. The van der Waals surface area contributed by atoms with Gasteiger partial charge in [0.25, 0.3) is 0 Å². The summed E-state index contributed by atoms with van der Waals surface area (Å²) in [5.74, 6) is -2.27. The lowest BCUT2D eigenvalue weighted by Gasteiger charge is -2.38. The van der Waals surface area contributed by atoms with Gasteiger partial charge in [-0.25, -0.2) is 13.2 Å². The molecule has 222 valence electrons. The molecule has 0 radical (unpaired) electrons. The smallest absolute Gasteiger partial charge is 0.426 e. The number of alkyl halides is 2. The van der Waals surface area contributed by atoms with Gasteiger partial charge < -0.3 is 4.74 Å². The van der Waals surface area contributed by atoms with Crippen LogP contribution in [-0.4, -0.2) is 0 Å². The van der Waals surface area contributed by atoms with E-state index in [2.05, 4.69) is 6.92 Å². The molecule has 6 heteroatoms. The normalized spacial score (nSPS) is 23.8. The molecule has 2 aliphatic carbocycles. The molecular formula is C34H45F5O. The molecule has 2 aromatic carbocycles. The quantitative estimate of drug-likeness (QED) is 0.134. The zero-order valence-corrected chi connectivity index (χ0v) is 23.9. The Morgan fingerprint density at radius 3 is 1.80 bits per heavy atom. The molecule has 0 atom stereocenters. The second kappa shape index (κ2) is 14.7. The Balaban J connectivity index is 1.18. The van der Waals surface area contributed by atoms with E-state index in [0.717, 1.165) is 36.2 Å². The molecule has 0 amide bonds. The monoisotopic (exact) mass is 564 g/mol. The summed E-state index contributed by atoms with van der Waals surface area (Å²) in [5.41, 5.74) is 0.0320. The first-order valence-electron chi connectivity index (χ1n) is 15.6. The summed E-state index contributed by atoms with van der Waals surface area (Å²) in [6.07, 6.45) is 17.3. The van der Waals surface area contributed by atoms with E-state index in [4.69, 9.17) is 4.74 Å². The molecule has 1 nitrogen and oxygen atoms in total. The third kappa shape index (κ3) is 8.45. The highest BCUT2D eigenvalue weighted by Crippen LogP contribution is 2.45. The molecule has 0 aliphatic heterocycles. The fourth-order valence-electron chi connectivity index (χ4n) is 7.00. The Hall–Kier alpha value is -2.11. The second-order valence-corrected chi connectivity index (χ2v) is 12.2. The Labute approximate surface area is 236 Å². The Kier molecular flexibility index (Phi) is 11.3. The van der Waals surface area contributed by atoms with Gasteiger partial charge in [-0.15, -0.1) is 0 Å². The summed E-state index contributed by atoms with van der Waals surface area (Å²) < 4.78 is 73.7. The Morgan fingerprint density at radius 2 is 1.23 bits per heavy atom. The van der Waals surface area contributed by atoms with E-state index in [-0.39, 0.29) is 17.9 Å². The van der Waals surface area contributed by atoms with Crippen molar-refractivity contribution in [3.63, 3.8) is 0 Å². The lowest BCUT2D eigenvalue weighted by molar-refractivity contribution is -0.185. The molecule has 0 heterocycles. The first kappa shape index (κ1) is 30.8. The number of hydrogen-bond donors (Lipinski definition) is 0. The predicted octanol–water partition coefficient (Wildman–Crippen LogP) is 11.5. The van der Waals surface area contributed by atoms with Crippen molar-refractivity contribution in [3.05, 3.63) is 65.0 Å². The van der Waals surface area contributed by atoms with Gasteiger partial charge in [0.05, 0.1) is 5.56 Å². The van der Waals surface area contributed by atoms with Gasteiger partial charge in [-0.05, 0) is 92.0 Å². The molecule has 2 fully saturated rings. The van der Waals surface area contributed by atoms with Gasteiger partial charge in [0.2, 0.25) is 0 Å². The molecule has 2 saturated carbocycles. The highest BCUT2D eigenvalue weighted by molar-refractivity contribution is 5.31. The zero-order chi connectivity index (χ0) is 28.5. The first-order chi connectivity index (χ1) is 19.3. The van der Waals surface area contributed by atoms with Gasteiger partial charge in [-0.1, -0.05) is 83.3 Å². The third-order valence-corrected chi connectivity index (χ3v) is 9.46. The van der Waals surface area contributed by atoms with Gasteiger partial charge in [-0.3, -0.25) is 0 Å². The Bertz CT molecular complexity index is 1010. The Morgan fingerprint density at radius 1 is 0.700 bits per heavy atom. The molecule has 0 unspecified atom stereocenters. The number of ether oxygens (including phenoxy) is 1. The fourth-order valence-corrected chi connectivity index (χ4v) is 7.00. The van der Waals surface area contributed by atoms with Crippen LogP contribution in [0.15, 0.2) is 36.4 Å². The van der Waals surface area contributed by atoms with Crippen LogP contribution in [0.5, 0.6) is 5.75 Å². The van der Waals surface area contributed by atoms with E-state index < -0.39 is 29.1 Å². The number of hydrogen-bond acceptors (Lipinski definition) is 1. The summed E-state index contributed by atoms with van der Waals surface area (Å²) >= 11 is 0. The van der Waals surface area contributed by atoms with Crippen molar-refractivity contribution in [2.75, 3.05) is 0 Å². The van der Waals surface area contributed by atoms with Crippen LogP contribution in [0.1, 0.15) is 127 Å². The van der Waals surface area contributed by atoms with Crippen molar-refractivity contribution in [2.24, 2.45) is 17.8 Å². The topological polar surface area (TPSA) is 9.23 Å². The van der Waals surface area contributed by atoms with Crippen LogP contribution in [-0.2, 0) is 6.11 Å². The molecule has 0 bridgehead atoms. The van der Waals surface area contributed by atoms with E-state index in [0.29, 0.717) is 5.92 Å². The van der Waals surface area contributed by atoms with Crippen LogP contribution < -0.4 is 4.74 Å². The molecule has 40 heavy (non-hydrogen) atoms. The summed E-state index contributed by atoms with van der Waals surface area (Å²) in [6, 6.07) is 7.06. The molecule has 0 spiro atoms. The van der Waals surface area contributed by atoms with Crippen LogP contribution in [0.2, 0.25) is 0 Å². The summed E-state index contributed by atoms with van der Waals surface area (Å²) in [7, 11) is 0. The standard InChI is InChI=1S/C34H45F5O/c1-2-3-4-5-6-7-8-9-24-10-12-25(13-11-24)26-14-16-27(17-15-26)28-18-20-30(21-19-28)40-34(38,39)29-22-31(35)33(37)32(36)23-29/h18-27H,2-17H2,1H3. The van der Waals surface area contributed by atoms with E-state index in [1.165, 1.54) is 102 Å². The molecular weight excluding hydrogens is 519 g/mol. The maximum absolute atomic E-state index is 14.5. The first-order valence-corrected chi connectivity index (χ1v) is 15.6. The van der Waals surface area contributed by atoms with Gasteiger partial charge in [0.1, 0.15) is 5.75 Å². The average Bonchev–Trinajstić information content (AvgIpc) is 2.96. The molecule has 2 aliphatic rings. The van der Waals surface area contributed by atoms with Gasteiger partial charge in [-0.2, -0.15) is 8.78 Å². The molecule has 0 N–H and O–H groups in total.